The highest BCUT2D eigenvalue weighted by Gasteiger charge is 2.31. The van der Waals surface area contributed by atoms with Crippen LogP contribution in [0.2, 0.25) is 0 Å². The Hall–Kier alpha value is -0.180. The fourth-order valence-electron chi connectivity index (χ4n) is 4.36. The summed E-state index contributed by atoms with van der Waals surface area (Å²) in [6, 6.07) is 0. The molecule has 2 saturated carbocycles. The van der Waals surface area contributed by atoms with E-state index in [4.69, 9.17) is 4.74 Å². The van der Waals surface area contributed by atoms with Crippen LogP contribution in [0.25, 0.3) is 0 Å². The van der Waals surface area contributed by atoms with E-state index in [9.17, 15) is 8.78 Å². The summed E-state index contributed by atoms with van der Waals surface area (Å²) in [7, 11) is 0. The minimum absolute atomic E-state index is 0.0597. The quantitative estimate of drug-likeness (QED) is 0.454. The second kappa shape index (κ2) is 9.96. The first-order valence-corrected chi connectivity index (χ1v) is 10.1. The van der Waals surface area contributed by atoms with Crippen molar-refractivity contribution in [2.75, 3.05) is 6.61 Å². The summed E-state index contributed by atoms with van der Waals surface area (Å²) in [5, 5.41) is 0. The van der Waals surface area contributed by atoms with Crippen molar-refractivity contribution in [3.63, 3.8) is 0 Å². The Kier molecular flexibility index (Phi) is 8.29. The Morgan fingerprint density at radius 1 is 0.826 bits per heavy atom. The van der Waals surface area contributed by atoms with Gasteiger partial charge in [0.05, 0.1) is 12.7 Å². The van der Waals surface area contributed by atoms with Gasteiger partial charge in [-0.1, -0.05) is 64.7 Å². The molecule has 3 heteroatoms. The average molecular weight is 331 g/mol. The lowest BCUT2D eigenvalue weighted by atomic mass is 9.78. The SMILES string of the molecule is CCCC1CCC(CCC(F)(F)CCOC2CCCCC2)CC1. The first-order valence-electron chi connectivity index (χ1n) is 10.1. The maximum Gasteiger partial charge on any atom is 0.250 e. The van der Waals surface area contributed by atoms with Crippen molar-refractivity contribution in [3.05, 3.63) is 0 Å². The predicted octanol–water partition coefficient (Wildman–Crippen LogP) is 6.75. The van der Waals surface area contributed by atoms with E-state index in [-0.39, 0.29) is 25.6 Å². The van der Waals surface area contributed by atoms with Crippen molar-refractivity contribution in [1.29, 1.82) is 0 Å². The Bertz CT molecular complexity index is 305. The molecule has 0 aliphatic heterocycles. The van der Waals surface area contributed by atoms with E-state index in [2.05, 4.69) is 6.92 Å². The largest absolute Gasteiger partial charge is 0.378 e. The van der Waals surface area contributed by atoms with Gasteiger partial charge in [0, 0.05) is 12.8 Å². The molecule has 0 aromatic carbocycles. The van der Waals surface area contributed by atoms with Gasteiger partial charge in [0.1, 0.15) is 0 Å². The fourth-order valence-corrected chi connectivity index (χ4v) is 4.36. The standard InChI is InChI=1S/C20H36F2O/c1-2-6-17-9-11-18(12-10-17)13-14-20(21,22)15-16-23-19-7-4-3-5-8-19/h17-19H,2-16H2,1H3. The lowest BCUT2D eigenvalue weighted by Gasteiger charge is -2.29. The molecule has 0 amide bonds. The van der Waals surface area contributed by atoms with E-state index < -0.39 is 5.92 Å². The van der Waals surface area contributed by atoms with E-state index in [1.807, 2.05) is 0 Å². The molecule has 0 unspecified atom stereocenters. The normalized spacial score (nSPS) is 27.3. The average Bonchev–Trinajstić information content (AvgIpc) is 2.55. The van der Waals surface area contributed by atoms with Crippen LogP contribution in [0.15, 0.2) is 0 Å². The monoisotopic (exact) mass is 330 g/mol. The maximum absolute atomic E-state index is 14.1. The molecule has 0 radical (unpaired) electrons. The van der Waals surface area contributed by atoms with Crippen LogP contribution >= 0.6 is 0 Å². The molecule has 0 spiro atoms. The van der Waals surface area contributed by atoms with Gasteiger partial charge in [-0.3, -0.25) is 0 Å². The van der Waals surface area contributed by atoms with Crippen molar-refractivity contribution in [1.82, 2.24) is 0 Å². The summed E-state index contributed by atoms with van der Waals surface area (Å²) in [5.74, 6) is -1.14. The Balaban J connectivity index is 1.56. The van der Waals surface area contributed by atoms with Crippen LogP contribution in [0.5, 0.6) is 0 Å². The highest BCUT2D eigenvalue weighted by molar-refractivity contribution is 4.76. The molecule has 1 nitrogen and oxygen atoms in total. The van der Waals surface area contributed by atoms with E-state index in [1.54, 1.807) is 0 Å². The molecule has 0 heterocycles. The highest BCUT2D eigenvalue weighted by atomic mass is 19.3. The van der Waals surface area contributed by atoms with Gasteiger partial charge in [-0.15, -0.1) is 0 Å². The van der Waals surface area contributed by atoms with Crippen LogP contribution < -0.4 is 0 Å². The van der Waals surface area contributed by atoms with E-state index in [0.717, 1.165) is 18.8 Å². The van der Waals surface area contributed by atoms with Gasteiger partial charge in [-0.25, -0.2) is 8.78 Å². The minimum Gasteiger partial charge on any atom is -0.378 e. The van der Waals surface area contributed by atoms with Crippen molar-refractivity contribution >= 4 is 0 Å². The second-order valence-corrected chi connectivity index (χ2v) is 7.95. The van der Waals surface area contributed by atoms with Gasteiger partial charge in [0.15, 0.2) is 0 Å². The zero-order chi connectivity index (χ0) is 16.5. The third kappa shape index (κ3) is 7.49. The maximum atomic E-state index is 14.1. The third-order valence-corrected chi connectivity index (χ3v) is 5.96. The number of hydrogen-bond donors (Lipinski definition) is 0. The van der Waals surface area contributed by atoms with Crippen molar-refractivity contribution < 1.29 is 13.5 Å². The summed E-state index contributed by atoms with van der Waals surface area (Å²) in [4.78, 5) is 0. The molecule has 2 fully saturated rings. The zero-order valence-electron chi connectivity index (χ0n) is 15.0. The molecule has 0 aromatic rings. The molecule has 2 aliphatic carbocycles. The third-order valence-electron chi connectivity index (χ3n) is 5.96. The van der Waals surface area contributed by atoms with E-state index >= 15 is 0 Å². The highest BCUT2D eigenvalue weighted by Crippen LogP contribution is 2.36. The molecule has 0 bridgehead atoms. The molecule has 2 rings (SSSR count). The molecule has 0 aromatic heterocycles. The number of rotatable bonds is 9. The van der Waals surface area contributed by atoms with Crippen molar-refractivity contribution in [2.45, 2.75) is 109 Å². The Morgan fingerprint density at radius 3 is 2.04 bits per heavy atom. The number of ether oxygens (including phenoxy) is 1. The molecule has 2 aliphatic rings. The summed E-state index contributed by atoms with van der Waals surface area (Å²) in [6.07, 6.45) is 14.1. The summed E-state index contributed by atoms with van der Waals surface area (Å²) >= 11 is 0. The number of alkyl halides is 2. The van der Waals surface area contributed by atoms with Gasteiger partial charge in [-0.2, -0.15) is 0 Å². The van der Waals surface area contributed by atoms with Gasteiger partial charge in [-0.05, 0) is 31.1 Å². The smallest absolute Gasteiger partial charge is 0.250 e. The fraction of sp³-hybridized carbons (Fsp3) is 1.00. The lowest BCUT2D eigenvalue weighted by Crippen LogP contribution is -2.24. The van der Waals surface area contributed by atoms with Gasteiger partial charge in [0.25, 0.3) is 0 Å². The predicted molar refractivity (Wildman–Crippen MR) is 92.0 cm³/mol. The molecule has 0 atom stereocenters. The molecular weight excluding hydrogens is 294 g/mol. The van der Waals surface area contributed by atoms with E-state index in [0.29, 0.717) is 12.3 Å². The molecule has 23 heavy (non-hydrogen) atoms. The van der Waals surface area contributed by atoms with Crippen molar-refractivity contribution in [2.24, 2.45) is 11.8 Å². The molecule has 0 saturated heterocycles. The molecule has 136 valence electrons. The van der Waals surface area contributed by atoms with Crippen LogP contribution in [0.1, 0.15) is 96.8 Å². The van der Waals surface area contributed by atoms with Crippen LogP contribution in [0, 0.1) is 11.8 Å². The first-order chi connectivity index (χ1) is 11.1. The Labute approximate surface area is 141 Å². The summed E-state index contributed by atoms with van der Waals surface area (Å²) < 4.78 is 33.8. The van der Waals surface area contributed by atoms with Crippen LogP contribution in [-0.4, -0.2) is 18.6 Å². The van der Waals surface area contributed by atoms with Crippen LogP contribution in [-0.2, 0) is 4.74 Å². The van der Waals surface area contributed by atoms with Gasteiger partial charge in [0.2, 0.25) is 5.92 Å². The summed E-state index contributed by atoms with van der Waals surface area (Å²) in [6.45, 7) is 2.48. The van der Waals surface area contributed by atoms with Crippen LogP contribution in [0.4, 0.5) is 8.78 Å². The first kappa shape index (κ1) is 19.1. The molecular formula is C20H36F2O. The summed E-state index contributed by atoms with van der Waals surface area (Å²) in [5.41, 5.74) is 0. The minimum atomic E-state index is -2.53. The second-order valence-electron chi connectivity index (χ2n) is 7.95. The van der Waals surface area contributed by atoms with Crippen LogP contribution in [0.3, 0.4) is 0 Å². The topological polar surface area (TPSA) is 9.23 Å². The lowest BCUT2D eigenvalue weighted by molar-refractivity contribution is -0.0617. The zero-order valence-corrected chi connectivity index (χ0v) is 15.0. The van der Waals surface area contributed by atoms with Gasteiger partial charge < -0.3 is 4.74 Å². The van der Waals surface area contributed by atoms with Crippen molar-refractivity contribution in [3.8, 4) is 0 Å². The number of hydrogen-bond acceptors (Lipinski definition) is 1. The van der Waals surface area contributed by atoms with E-state index in [1.165, 1.54) is 57.8 Å². The molecule has 0 N–H and O–H groups in total. The Morgan fingerprint density at radius 2 is 1.43 bits per heavy atom. The number of halogens is 2. The van der Waals surface area contributed by atoms with Gasteiger partial charge >= 0.3 is 0 Å².